The van der Waals surface area contributed by atoms with Crippen LogP contribution in [0.1, 0.15) is 49.5 Å². The predicted octanol–water partition coefficient (Wildman–Crippen LogP) is 2.48. The molecule has 4 fully saturated rings. The average molecular weight is 531 g/mol. The number of anilines is 1. The van der Waals surface area contributed by atoms with Crippen molar-refractivity contribution in [1.82, 2.24) is 0 Å². The van der Waals surface area contributed by atoms with E-state index < -0.39 is 70.5 Å². The van der Waals surface area contributed by atoms with Gasteiger partial charge in [0, 0.05) is 12.1 Å². The number of hydrogen-bond donors (Lipinski definition) is 1. The molecule has 1 unspecified atom stereocenters. The number of esters is 3. The maximum Gasteiger partial charge on any atom is 0.338 e. The molecule has 4 aliphatic rings. The number of nitriles is 1. The van der Waals surface area contributed by atoms with Gasteiger partial charge in [0.2, 0.25) is 0 Å². The molecule has 1 N–H and O–H groups in total. The number of aliphatic hydroxyl groups is 1. The van der Waals surface area contributed by atoms with Gasteiger partial charge in [-0.25, -0.2) is 4.79 Å². The lowest BCUT2D eigenvalue weighted by Crippen LogP contribution is -2.66. The number of nitrogens with zero attached hydrogens (tertiary/aromatic N) is 2. The molecule has 1 saturated carbocycles. The van der Waals surface area contributed by atoms with E-state index in [1.807, 2.05) is 6.07 Å². The molecule has 6 rings (SSSR count). The quantitative estimate of drug-likeness (QED) is 0.468. The molecule has 1 aliphatic carbocycles. The Morgan fingerprint density at radius 1 is 1.08 bits per heavy atom. The van der Waals surface area contributed by atoms with E-state index in [0.29, 0.717) is 5.56 Å². The molecule has 6 atom stereocenters. The van der Waals surface area contributed by atoms with E-state index in [-0.39, 0.29) is 17.7 Å². The van der Waals surface area contributed by atoms with Crippen LogP contribution in [-0.2, 0) is 28.6 Å². The van der Waals surface area contributed by atoms with Crippen LogP contribution in [0.3, 0.4) is 0 Å². The van der Waals surface area contributed by atoms with Crippen LogP contribution in [0, 0.1) is 27.6 Å². The third-order valence-electron chi connectivity index (χ3n) is 8.98. The lowest BCUT2D eigenvalue weighted by atomic mass is 9.52. The second-order valence-electron chi connectivity index (χ2n) is 11.6. The van der Waals surface area contributed by atoms with Crippen molar-refractivity contribution in [3.8, 4) is 6.07 Å². The molecule has 0 aromatic heterocycles. The standard InChI is InChI=1S/C29H26N2O8/c1-26(2,3)28(36)13-19-27(14-20(32)37-19)25(35)39-24-29(27,28)21(38-23(34)17-7-5-4-6-8-17)22(33)31(24)18-11-9-16(15-30)10-12-18/h4-12,19,21,24,36H,13-14H2,1-3H3/t19-,21-,24-,27-,28+,29?/m0/s1. The van der Waals surface area contributed by atoms with E-state index in [9.17, 15) is 29.5 Å². The number of amides is 1. The van der Waals surface area contributed by atoms with Crippen molar-refractivity contribution < 1.29 is 38.5 Å². The SMILES string of the molecule is CC(C)(C)[C@]1(O)C[C@@H]2OC(=O)C[C@@]23C(=O)O[C@@H]2N(c4ccc(C#N)cc4)C(=O)[C@H](OC(=O)c4ccccc4)C213. The van der Waals surface area contributed by atoms with Gasteiger partial charge in [-0.15, -0.1) is 0 Å². The van der Waals surface area contributed by atoms with E-state index in [1.54, 1.807) is 39.0 Å². The topological polar surface area (TPSA) is 143 Å². The Hall–Kier alpha value is -4.23. The summed E-state index contributed by atoms with van der Waals surface area (Å²) >= 11 is 0. The van der Waals surface area contributed by atoms with Gasteiger partial charge < -0.3 is 19.3 Å². The minimum atomic E-state index is -1.89. The highest BCUT2D eigenvalue weighted by atomic mass is 16.6. The number of hydrogen-bond acceptors (Lipinski definition) is 9. The van der Waals surface area contributed by atoms with E-state index >= 15 is 0 Å². The van der Waals surface area contributed by atoms with Crippen LogP contribution in [-0.4, -0.2) is 53.0 Å². The van der Waals surface area contributed by atoms with Crippen LogP contribution < -0.4 is 4.90 Å². The van der Waals surface area contributed by atoms with Gasteiger partial charge in [0.05, 0.1) is 29.2 Å². The largest absolute Gasteiger partial charge is 0.461 e. The van der Waals surface area contributed by atoms with Crippen molar-refractivity contribution in [3.05, 3.63) is 65.7 Å². The van der Waals surface area contributed by atoms with Gasteiger partial charge >= 0.3 is 17.9 Å². The molecule has 2 spiro atoms. The predicted molar refractivity (Wildman–Crippen MR) is 133 cm³/mol. The molecule has 39 heavy (non-hydrogen) atoms. The maximum atomic E-state index is 14.3. The Morgan fingerprint density at radius 2 is 1.74 bits per heavy atom. The van der Waals surface area contributed by atoms with Crippen LogP contribution in [0.15, 0.2) is 54.6 Å². The van der Waals surface area contributed by atoms with E-state index in [2.05, 4.69) is 0 Å². The lowest BCUT2D eigenvalue weighted by molar-refractivity contribution is -0.204. The van der Waals surface area contributed by atoms with Gasteiger partial charge in [-0.2, -0.15) is 5.26 Å². The molecule has 0 bridgehead atoms. The summed E-state index contributed by atoms with van der Waals surface area (Å²) in [5.74, 6) is -3.01. The molecule has 0 radical (unpaired) electrons. The summed E-state index contributed by atoms with van der Waals surface area (Å²) in [6, 6.07) is 16.1. The van der Waals surface area contributed by atoms with Gasteiger partial charge in [0.25, 0.3) is 5.91 Å². The molecule has 3 aliphatic heterocycles. The minimum absolute atomic E-state index is 0.151. The van der Waals surface area contributed by atoms with Crippen LogP contribution >= 0.6 is 0 Å². The van der Waals surface area contributed by atoms with Crippen molar-refractivity contribution in [2.45, 2.75) is 57.6 Å². The van der Waals surface area contributed by atoms with Gasteiger partial charge in [-0.3, -0.25) is 19.3 Å². The first kappa shape index (κ1) is 25.1. The Kier molecular flexibility index (Phi) is 5.08. The zero-order valence-electron chi connectivity index (χ0n) is 21.5. The summed E-state index contributed by atoms with van der Waals surface area (Å²) in [5, 5.41) is 21.9. The molecule has 2 aromatic carbocycles. The highest BCUT2D eigenvalue weighted by Gasteiger charge is 2.93. The van der Waals surface area contributed by atoms with Gasteiger partial charge in [-0.1, -0.05) is 39.0 Å². The number of rotatable bonds is 3. The zero-order chi connectivity index (χ0) is 28.0. The van der Waals surface area contributed by atoms with Crippen LogP contribution in [0.25, 0.3) is 0 Å². The molecule has 10 heteroatoms. The molecular formula is C29H26N2O8. The van der Waals surface area contributed by atoms with Crippen LogP contribution in [0.2, 0.25) is 0 Å². The molecule has 3 heterocycles. The molecule has 1 amide bonds. The summed E-state index contributed by atoms with van der Waals surface area (Å²) in [7, 11) is 0. The molecule has 2 aromatic rings. The van der Waals surface area contributed by atoms with Crippen molar-refractivity contribution >= 4 is 29.5 Å². The number of carbonyl (C=O) groups is 4. The average Bonchev–Trinajstić information content (AvgIpc) is 3.51. The zero-order valence-corrected chi connectivity index (χ0v) is 21.5. The first-order chi connectivity index (χ1) is 18.4. The van der Waals surface area contributed by atoms with Crippen molar-refractivity contribution in [3.63, 3.8) is 0 Å². The third-order valence-corrected chi connectivity index (χ3v) is 8.98. The van der Waals surface area contributed by atoms with E-state index in [0.717, 1.165) is 0 Å². The van der Waals surface area contributed by atoms with Gasteiger partial charge in [0.1, 0.15) is 16.9 Å². The molecule has 3 saturated heterocycles. The lowest BCUT2D eigenvalue weighted by Gasteiger charge is -2.51. The fraction of sp³-hybridized carbons (Fsp3) is 0.414. The third kappa shape index (κ3) is 2.88. The summed E-state index contributed by atoms with van der Waals surface area (Å²) in [4.78, 5) is 55.4. The first-order valence-electron chi connectivity index (χ1n) is 12.6. The molecule has 10 nitrogen and oxygen atoms in total. The Balaban J connectivity index is 1.61. The van der Waals surface area contributed by atoms with Gasteiger partial charge in [0.15, 0.2) is 12.3 Å². The summed E-state index contributed by atoms with van der Waals surface area (Å²) in [6.45, 7) is 5.26. The molecular weight excluding hydrogens is 504 g/mol. The Labute approximate surface area is 224 Å². The fourth-order valence-electron chi connectivity index (χ4n) is 7.23. The summed E-state index contributed by atoms with van der Waals surface area (Å²) < 4.78 is 17.5. The summed E-state index contributed by atoms with van der Waals surface area (Å²) in [5.41, 5.74) is -5.72. The van der Waals surface area contributed by atoms with Crippen molar-refractivity contribution in [1.29, 1.82) is 5.26 Å². The Morgan fingerprint density at radius 3 is 2.36 bits per heavy atom. The molecule has 200 valence electrons. The van der Waals surface area contributed by atoms with Crippen LogP contribution in [0.4, 0.5) is 5.69 Å². The second-order valence-corrected chi connectivity index (χ2v) is 11.6. The van der Waals surface area contributed by atoms with E-state index in [4.69, 9.17) is 14.2 Å². The normalized spacial score (nSPS) is 34.6. The van der Waals surface area contributed by atoms with Crippen molar-refractivity contribution in [2.24, 2.45) is 16.2 Å². The minimum Gasteiger partial charge on any atom is -0.461 e. The number of ether oxygens (including phenoxy) is 3. The highest BCUT2D eigenvalue weighted by molar-refractivity contribution is 6.07. The first-order valence-corrected chi connectivity index (χ1v) is 12.6. The number of benzene rings is 2. The number of carbonyl (C=O) groups excluding carboxylic acids is 4. The van der Waals surface area contributed by atoms with Crippen molar-refractivity contribution in [2.75, 3.05) is 4.90 Å². The fourth-order valence-corrected chi connectivity index (χ4v) is 7.23. The van der Waals surface area contributed by atoms with Crippen LogP contribution in [0.5, 0.6) is 0 Å². The monoisotopic (exact) mass is 530 g/mol. The second kappa shape index (κ2) is 7.90. The summed E-state index contributed by atoms with van der Waals surface area (Å²) in [6.07, 6.45) is -4.77. The Bertz CT molecular complexity index is 1460. The van der Waals surface area contributed by atoms with Gasteiger partial charge in [-0.05, 0) is 41.8 Å². The maximum absolute atomic E-state index is 14.3. The highest BCUT2D eigenvalue weighted by Crippen LogP contribution is 2.76. The van der Waals surface area contributed by atoms with E-state index in [1.165, 1.54) is 41.3 Å². The smallest absolute Gasteiger partial charge is 0.338 e.